The fourth-order valence-electron chi connectivity index (χ4n) is 2.32. The zero-order chi connectivity index (χ0) is 15.4. The largest absolute Gasteiger partial charge is 0.478 e. The van der Waals surface area contributed by atoms with Crippen molar-refractivity contribution in [3.8, 4) is 0 Å². The van der Waals surface area contributed by atoms with Crippen LogP contribution in [0.5, 0.6) is 0 Å². The molecule has 0 amide bonds. The quantitative estimate of drug-likeness (QED) is 0.879. The first kappa shape index (κ1) is 15.2. The van der Waals surface area contributed by atoms with Gasteiger partial charge in [0, 0.05) is 37.1 Å². The van der Waals surface area contributed by atoms with Gasteiger partial charge >= 0.3 is 5.97 Å². The monoisotopic (exact) mass is 288 g/mol. The van der Waals surface area contributed by atoms with E-state index in [1.54, 1.807) is 18.3 Å². The van der Waals surface area contributed by atoms with Crippen LogP contribution in [0, 0.1) is 6.92 Å². The molecular weight excluding hydrogens is 268 g/mol. The van der Waals surface area contributed by atoms with Gasteiger partial charge in [-0.1, -0.05) is 0 Å². The van der Waals surface area contributed by atoms with Crippen LogP contribution in [0.15, 0.2) is 24.5 Å². The van der Waals surface area contributed by atoms with Gasteiger partial charge in [-0.2, -0.15) is 5.10 Å². The Kier molecular flexibility index (Phi) is 4.70. The van der Waals surface area contributed by atoms with Crippen LogP contribution in [0.25, 0.3) is 0 Å². The summed E-state index contributed by atoms with van der Waals surface area (Å²) in [7, 11) is 1.95. The van der Waals surface area contributed by atoms with E-state index >= 15 is 0 Å². The zero-order valence-corrected chi connectivity index (χ0v) is 12.6. The summed E-state index contributed by atoms with van der Waals surface area (Å²) >= 11 is 0. The highest BCUT2D eigenvalue weighted by atomic mass is 16.4. The number of rotatable bonds is 6. The fraction of sp³-hybridized carbons (Fsp3) is 0.400. The molecule has 112 valence electrons. The van der Waals surface area contributed by atoms with Gasteiger partial charge in [0.15, 0.2) is 0 Å². The lowest BCUT2D eigenvalue weighted by Crippen LogP contribution is -2.20. The molecule has 2 rings (SSSR count). The van der Waals surface area contributed by atoms with Crippen LogP contribution in [0.2, 0.25) is 0 Å². The van der Waals surface area contributed by atoms with E-state index in [4.69, 9.17) is 0 Å². The Morgan fingerprint density at radius 3 is 2.81 bits per heavy atom. The van der Waals surface area contributed by atoms with Gasteiger partial charge in [0.2, 0.25) is 0 Å². The molecule has 0 radical (unpaired) electrons. The highest BCUT2D eigenvalue weighted by molar-refractivity contribution is 5.88. The van der Waals surface area contributed by atoms with Gasteiger partial charge in [0.05, 0.1) is 17.5 Å². The first-order valence-electron chi connectivity index (χ1n) is 6.90. The van der Waals surface area contributed by atoms with Crippen molar-refractivity contribution in [2.75, 3.05) is 7.05 Å². The van der Waals surface area contributed by atoms with E-state index in [1.165, 1.54) is 0 Å². The number of nitrogens with zero attached hydrogens (tertiary/aromatic N) is 4. The Hall–Kier alpha value is -2.21. The fourth-order valence-corrected chi connectivity index (χ4v) is 2.32. The standard InChI is InChI=1S/C15H20N4O2/c1-4-19-11(2)12(8-17-19)9-18(3)10-14-13(15(20)21)6-5-7-16-14/h5-8H,4,9-10H2,1-3H3,(H,20,21). The molecule has 0 aliphatic rings. The average Bonchev–Trinajstić information content (AvgIpc) is 2.79. The molecule has 0 fully saturated rings. The van der Waals surface area contributed by atoms with Gasteiger partial charge in [-0.25, -0.2) is 4.79 Å². The normalized spacial score (nSPS) is 11.0. The minimum absolute atomic E-state index is 0.255. The molecule has 0 atom stereocenters. The third-order valence-electron chi connectivity index (χ3n) is 3.48. The maximum atomic E-state index is 11.2. The van der Waals surface area contributed by atoms with Crippen LogP contribution < -0.4 is 0 Å². The summed E-state index contributed by atoms with van der Waals surface area (Å²) in [5.74, 6) is -0.943. The maximum absolute atomic E-state index is 11.2. The van der Waals surface area contributed by atoms with E-state index < -0.39 is 5.97 Å². The van der Waals surface area contributed by atoms with E-state index in [0.717, 1.165) is 17.8 Å². The van der Waals surface area contributed by atoms with Crippen molar-refractivity contribution in [3.05, 3.63) is 47.0 Å². The van der Waals surface area contributed by atoms with Crippen LogP contribution in [-0.4, -0.2) is 37.8 Å². The number of carboxylic acids is 1. The topological polar surface area (TPSA) is 71.2 Å². The summed E-state index contributed by atoms with van der Waals surface area (Å²) in [6.07, 6.45) is 3.49. The molecule has 0 bridgehead atoms. The molecule has 21 heavy (non-hydrogen) atoms. The Balaban J connectivity index is 2.10. The molecule has 0 aromatic carbocycles. The minimum atomic E-state index is -0.943. The molecule has 6 heteroatoms. The van der Waals surface area contributed by atoms with Crippen LogP contribution in [0.1, 0.15) is 34.2 Å². The number of carboxylic acid groups (broad SMARTS) is 1. The Bertz CT molecular complexity index is 636. The Morgan fingerprint density at radius 2 is 2.19 bits per heavy atom. The van der Waals surface area contributed by atoms with E-state index in [1.807, 2.05) is 29.7 Å². The summed E-state index contributed by atoms with van der Waals surface area (Å²) in [5, 5.41) is 13.5. The molecule has 0 aliphatic carbocycles. The number of pyridine rings is 1. The van der Waals surface area contributed by atoms with Crippen molar-refractivity contribution < 1.29 is 9.90 Å². The van der Waals surface area contributed by atoms with Crippen LogP contribution >= 0.6 is 0 Å². The highest BCUT2D eigenvalue weighted by Gasteiger charge is 2.14. The summed E-state index contributed by atoms with van der Waals surface area (Å²) in [6, 6.07) is 3.22. The molecule has 2 heterocycles. The second-order valence-corrected chi connectivity index (χ2v) is 5.05. The molecule has 0 saturated carbocycles. The molecule has 1 N–H and O–H groups in total. The Morgan fingerprint density at radius 1 is 1.43 bits per heavy atom. The summed E-state index contributed by atoms with van der Waals surface area (Å²) in [6.45, 7) is 6.14. The van der Waals surface area contributed by atoms with Crippen LogP contribution in [-0.2, 0) is 19.6 Å². The molecule has 2 aromatic heterocycles. The number of carbonyl (C=O) groups is 1. The van der Waals surface area contributed by atoms with Crippen molar-refractivity contribution in [3.63, 3.8) is 0 Å². The van der Waals surface area contributed by atoms with Crippen molar-refractivity contribution in [1.29, 1.82) is 0 Å². The molecule has 0 spiro atoms. The van der Waals surface area contributed by atoms with Crippen molar-refractivity contribution in [1.82, 2.24) is 19.7 Å². The smallest absolute Gasteiger partial charge is 0.337 e. The third-order valence-corrected chi connectivity index (χ3v) is 3.48. The van der Waals surface area contributed by atoms with Crippen molar-refractivity contribution in [2.24, 2.45) is 0 Å². The lowest BCUT2D eigenvalue weighted by molar-refractivity contribution is 0.0694. The Labute approximate surface area is 124 Å². The SMILES string of the molecule is CCn1ncc(CN(C)Cc2ncccc2C(=O)O)c1C. The maximum Gasteiger partial charge on any atom is 0.337 e. The number of aromatic nitrogens is 3. The second-order valence-electron chi connectivity index (χ2n) is 5.05. The molecular formula is C15H20N4O2. The lowest BCUT2D eigenvalue weighted by atomic mass is 10.1. The van der Waals surface area contributed by atoms with E-state index in [2.05, 4.69) is 17.0 Å². The summed E-state index contributed by atoms with van der Waals surface area (Å²) < 4.78 is 1.95. The molecule has 0 saturated heterocycles. The number of hydrogen-bond acceptors (Lipinski definition) is 4. The highest BCUT2D eigenvalue weighted by Crippen LogP contribution is 2.13. The number of hydrogen-bond donors (Lipinski definition) is 1. The summed E-state index contributed by atoms with van der Waals surface area (Å²) in [5.41, 5.74) is 3.12. The molecule has 0 aliphatic heterocycles. The summed E-state index contributed by atoms with van der Waals surface area (Å²) in [4.78, 5) is 17.4. The van der Waals surface area contributed by atoms with Crippen LogP contribution in [0.3, 0.4) is 0 Å². The van der Waals surface area contributed by atoms with E-state index in [-0.39, 0.29) is 5.56 Å². The van der Waals surface area contributed by atoms with E-state index in [0.29, 0.717) is 18.8 Å². The van der Waals surface area contributed by atoms with Gasteiger partial charge in [0.25, 0.3) is 0 Å². The average molecular weight is 288 g/mol. The van der Waals surface area contributed by atoms with Crippen LogP contribution in [0.4, 0.5) is 0 Å². The number of aromatic carboxylic acids is 1. The van der Waals surface area contributed by atoms with Gasteiger partial charge in [0.1, 0.15) is 0 Å². The lowest BCUT2D eigenvalue weighted by Gasteiger charge is -2.17. The predicted molar refractivity (Wildman–Crippen MR) is 79.0 cm³/mol. The molecule has 0 unspecified atom stereocenters. The van der Waals surface area contributed by atoms with Gasteiger partial charge < -0.3 is 5.11 Å². The van der Waals surface area contributed by atoms with Gasteiger partial charge in [-0.15, -0.1) is 0 Å². The third kappa shape index (κ3) is 3.46. The van der Waals surface area contributed by atoms with Crippen molar-refractivity contribution >= 4 is 5.97 Å². The molecule has 2 aromatic rings. The zero-order valence-electron chi connectivity index (χ0n) is 12.6. The second kappa shape index (κ2) is 6.49. The van der Waals surface area contributed by atoms with E-state index in [9.17, 15) is 9.90 Å². The van der Waals surface area contributed by atoms with Crippen molar-refractivity contribution in [2.45, 2.75) is 33.5 Å². The molecule has 6 nitrogen and oxygen atoms in total. The minimum Gasteiger partial charge on any atom is -0.478 e. The first-order valence-corrected chi connectivity index (χ1v) is 6.90. The predicted octanol–water partition coefficient (Wildman–Crippen LogP) is 1.94. The number of aryl methyl sites for hydroxylation is 1. The van der Waals surface area contributed by atoms with Gasteiger partial charge in [-0.05, 0) is 33.0 Å². The first-order chi connectivity index (χ1) is 10.0. The van der Waals surface area contributed by atoms with Gasteiger partial charge in [-0.3, -0.25) is 14.6 Å².